The fourth-order valence-corrected chi connectivity index (χ4v) is 3.98. The van der Waals surface area contributed by atoms with Crippen molar-refractivity contribution in [3.63, 3.8) is 0 Å². The van der Waals surface area contributed by atoms with Crippen LogP contribution >= 0.6 is 23.2 Å². The molecular formula is C24H16Cl2FNO4. The average molecular weight is 472 g/mol. The van der Waals surface area contributed by atoms with Gasteiger partial charge in [-0.3, -0.25) is 14.5 Å². The molecule has 3 aromatic carbocycles. The van der Waals surface area contributed by atoms with Crippen molar-refractivity contribution in [2.75, 3.05) is 4.90 Å². The predicted molar refractivity (Wildman–Crippen MR) is 120 cm³/mol. The third kappa shape index (κ3) is 3.72. The number of halogens is 3. The van der Waals surface area contributed by atoms with E-state index in [1.165, 1.54) is 60.4 Å². The summed E-state index contributed by atoms with van der Waals surface area (Å²) in [5.74, 6) is -2.83. The van der Waals surface area contributed by atoms with E-state index in [1.54, 1.807) is 12.1 Å². The summed E-state index contributed by atoms with van der Waals surface area (Å²) in [6.45, 7) is 1.52. The molecule has 32 heavy (non-hydrogen) atoms. The van der Waals surface area contributed by atoms with Crippen LogP contribution in [-0.4, -0.2) is 21.9 Å². The minimum Gasteiger partial charge on any atom is -0.508 e. The maximum atomic E-state index is 13.7. The zero-order valence-electron chi connectivity index (χ0n) is 16.6. The molecule has 1 fully saturated rings. The first kappa shape index (κ1) is 21.9. The summed E-state index contributed by atoms with van der Waals surface area (Å²) in [6, 6.07) is 13.3. The smallest absolute Gasteiger partial charge is 0.300 e. The second kappa shape index (κ2) is 8.30. The maximum absolute atomic E-state index is 13.7. The predicted octanol–water partition coefficient (Wildman–Crippen LogP) is 5.77. The van der Waals surface area contributed by atoms with Gasteiger partial charge in [-0.15, -0.1) is 0 Å². The van der Waals surface area contributed by atoms with E-state index in [9.17, 15) is 24.2 Å². The van der Waals surface area contributed by atoms with Crippen LogP contribution in [0.3, 0.4) is 0 Å². The lowest BCUT2D eigenvalue weighted by Crippen LogP contribution is -2.29. The van der Waals surface area contributed by atoms with Crippen molar-refractivity contribution in [2.45, 2.75) is 13.0 Å². The highest BCUT2D eigenvalue weighted by Crippen LogP contribution is 2.43. The number of hydrogen-bond donors (Lipinski definition) is 2. The largest absolute Gasteiger partial charge is 0.508 e. The fraction of sp³-hybridized carbons (Fsp3) is 0.0833. The zero-order chi connectivity index (χ0) is 23.2. The van der Waals surface area contributed by atoms with Crippen molar-refractivity contribution in [1.29, 1.82) is 0 Å². The zero-order valence-corrected chi connectivity index (χ0v) is 18.2. The number of phenolic OH excluding ortho intramolecular Hbond substituents is 1. The van der Waals surface area contributed by atoms with Crippen molar-refractivity contribution >= 4 is 46.3 Å². The quantitative estimate of drug-likeness (QED) is 0.288. The molecule has 2 N–H and O–H groups in total. The maximum Gasteiger partial charge on any atom is 0.300 e. The van der Waals surface area contributed by atoms with Gasteiger partial charge >= 0.3 is 0 Å². The van der Waals surface area contributed by atoms with Crippen LogP contribution in [0.4, 0.5) is 10.1 Å². The molecule has 0 radical (unpaired) electrons. The van der Waals surface area contributed by atoms with E-state index in [4.69, 9.17) is 23.2 Å². The molecular weight excluding hydrogens is 456 g/mol. The number of benzene rings is 3. The average Bonchev–Trinajstić information content (AvgIpc) is 3.02. The molecule has 1 heterocycles. The van der Waals surface area contributed by atoms with Crippen molar-refractivity contribution < 1.29 is 24.2 Å². The van der Waals surface area contributed by atoms with E-state index < -0.39 is 29.3 Å². The summed E-state index contributed by atoms with van der Waals surface area (Å²) in [4.78, 5) is 27.3. The molecule has 0 aliphatic carbocycles. The van der Waals surface area contributed by atoms with Crippen LogP contribution in [0.15, 0.2) is 66.2 Å². The van der Waals surface area contributed by atoms with E-state index >= 15 is 0 Å². The highest BCUT2D eigenvalue weighted by atomic mass is 35.5. The standard InChI is InChI=1S/C24H16Cl2FNO4/c1-12-9-14(5-8-19(12)27)22(30)20-21(13-3-2-4-16(29)10-13)28(24(32)23(20)31)15-6-7-17(25)18(26)11-15/h2-11,21,29-30H,1H3/b22-20+. The Morgan fingerprint density at radius 3 is 2.41 bits per heavy atom. The molecule has 162 valence electrons. The van der Waals surface area contributed by atoms with E-state index in [-0.39, 0.29) is 38.2 Å². The number of phenols is 1. The topological polar surface area (TPSA) is 77.8 Å². The Morgan fingerprint density at radius 1 is 1.00 bits per heavy atom. The molecule has 1 atom stereocenters. The third-order valence-corrected chi connectivity index (χ3v) is 5.98. The number of aromatic hydroxyl groups is 1. The molecule has 1 saturated heterocycles. The molecule has 1 aliphatic heterocycles. The minimum atomic E-state index is -1.07. The van der Waals surface area contributed by atoms with Gasteiger partial charge in [-0.2, -0.15) is 0 Å². The normalized spacial score (nSPS) is 17.8. The van der Waals surface area contributed by atoms with Crippen LogP contribution in [0.2, 0.25) is 10.0 Å². The number of amides is 1. The van der Waals surface area contributed by atoms with Crippen molar-refractivity contribution in [3.05, 3.63) is 98.8 Å². The molecule has 1 amide bonds. The van der Waals surface area contributed by atoms with Crippen molar-refractivity contribution in [1.82, 2.24) is 0 Å². The summed E-state index contributed by atoms with van der Waals surface area (Å²) in [5, 5.41) is 21.5. The molecule has 1 unspecified atom stereocenters. The van der Waals surface area contributed by atoms with Gasteiger partial charge in [0.1, 0.15) is 17.3 Å². The molecule has 0 bridgehead atoms. The molecule has 8 heteroatoms. The number of carbonyl (C=O) groups excluding carboxylic acids is 2. The van der Waals surface area contributed by atoms with Crippen molar-refractivity contribution in [3.8, 4) is 5.75 Å². The first-order valence-corrected chi connectivity index (χ1v) is 10.3. The minimum absolute atomic E-state index is 0.0835. The number of rotatable bonds is 3. The van der Waals surface area contributed by atoms with Gasteiger partial charge in [0.25, 0.3) is 11.7 Å². The van der Waals surface area contributed by atoms with Crippen LogP contribution < -0.4 is 4.90 Å². The van der Waals surface area contributed by atoms with Gasteiger partial charge in [-0.25, -0.2) is 4.39 Å². The van der Waals surface area contributed by atoms with Crippen LogP contribution in [0.5, 0.6) is 5.75 Å². The summed E-state index contributed by atoms with van der Waals surface area (Å²) >= 11 is 12.1. The SMILES string of the molecule is Cc1cc(/C(O)=C2\C(=O)C(=O)N(c3ccc(Cl)c(Cl)c3)C2c2cccc(O)c2)ccc1F. The first-order valence-electron chi connectivity index (χ1n) is 9.50. The molecule has 0 saturated carbocycles. The molecule has 4 rings (SSSR count). The van der Waals surface area contributed by atoms with Gasteiger partial charge in [-0.1, -0.05) is 35.3 Å². The third-order valence-electron chi connectivity index (χ3n) is 5.24. The Bertz CT molecular complexity index is 1300. The Kier molecular flexibility index (Phi) is 5.67. The van der Waals surface area contributed by atoms with Gasteiger partial charge in [0.2, 0.25) is 0 Å². The number of Topliss-reactive ketones (excluding diaryl/α,β-unsaturated/α-hetero) is 1. The number of aryl methyl sites for hydroxylation is 1. The molecule has 0 aromatic heterocycles. The van der Waals surface area contributed by atoms with Crippen LogP contribution in [0, 0.1) is 12.7 Å². The molecule has 1 aliphatic rings. The van der Waals surface area contributed by atoms with Gasteiger partial charge < -0.3 is 10.2 Å². The number of carbonyl (C=O) groups is 2. The summed E-state index contributed by atoms with van der Waals surface area (Å²) in [6.07, 6.45) is 0. The monoisotopic (exact) mass is 471 g/mol. The second-order valence-electron chi connectivity index (χ2n) is 7.33. The van der Waals surface area contributed by atoms with Gasteiger partial charge in [0, 0.05) is 11.3 Å². The summed E-state index contributed by atoms with van der Waals surface area (Å²) in [5.41, 5.74) is 0.917. The fourth-order valence-electron chi connectivity index (χ4n) is 3.69. The number of ketones is 1. The van der Waals surface area contributed by atoms with Crippen LogP contribution in [-0.2, 0) is 9.59 Å². The van der Waals surface area contributed by atoms with Gasteiger partial charge in [0.15, 0.2) is 0 Å². The number of aliphatic hydroxyl groups excluding tert-OH is 1. The molecule has 0 spiro atoms. The number of anilines is 1. The lowest BCUT2D eigenvalue weighted by Gasteiger charge is -2.26. The van der Waals surface area contributed by atoms with Crippen LogP contribution in [0.1, 0.15) is 22.7 Å². The molecule has 3 aromatic rings. The van der Waals surface area contributed by atoms with E-state index in [0.717, 1.165) is 0 Å². The number of nitrogens with zero attached hydrogens (tertiary/aromatic N) is 1. The number of hydrogen-bond acceptors (Lipinski definition) is 4. The summed E-state index contributed by atoms with van der Waals surface area (Å²) in [7, 11) is 0. The highest BCUT2D eigenvalue weighted by Gasteiger charge is 2.47. The van der Waals surface area contributed by atoms with E-state index in [0.29, 0.717) is 5.56 Å². The number of aliphatic hydroxyl groups is 1. The van der Waals surface area contributed by atoms with E-state index in [1.807, 2.05) is 0 Å². The Morgan fingerprint density at radius 2 is 1.75 bits per heavy atom. The van der Waals surface area contributed by atoms with Crippen LogP contribution in [0.25, 0.3) is 5.76 Å². The Labute approximate surface area is 192 Å². The lowest BCUT2D eigenvalue weighted by molar-refractivity contribution is -0.132. The summed E-state index contributed by atoms with van der Waals surface area (Å²) < 4.78 is 13.7. The highest BCUT2D eigenvalue weighted by molar-refractivity contribution is 6.52. The van der Waals surface area contributed by atoms with E-state index in [2.05, 4.69) is 0 Å². The Balaban J connectivity index is 1.97. The molecule has 5 nitrogen and oxygen atoms in total. The van der Waals surface area contributed by atoms with Crippen molar-refractivity contribution in [2.24, 2.45) is 0 Å². The second-order valence-corrected chi connectivity index (χ2v) is 8.14. The van der Waals surface area contributed by atoms with Gasteiger partial charge in [-0.05, 0) is 66.6 Å². The van der Waals surface area contributed by atoms with Gasteiger partial charge in [0.05, 0.1) is 21.7 Å². The first-order chi connectivity index (χ1) is 15.2. The lowest BCUT2D eigenvalue weighted by atomic mass is 9.94. The Hall–Kier alpha value is -3.35.